The number of amides is 1. The van der Waals surface area contributed by atoms with E-state index in [1.54, 1.807) is 24.3 Å². The zero-order valence-corrected chi connectivity index (χ0v) is 14.9. The summed E-state index contributed by atoms with van der Waals surface area (Å²) in [7, 11) is -2.44. The molecule has 2 rings (SSSR count). The van der Waals surface area contributed by atoms with Gasteiger partial charge in [-0.1, -0.05) is 18.2 Å². The van der Waals surface area contributed by atoms with Gasteiger partial charge in [-0.3, -0.25) is 4.79 Å². The van der Waals surface area contributed by atoms with Crippen LogP contribution in [-0.2, 0) is 16.3 Å². The van der Waals surface area contributed by atoms with Gasteiger partial charge in [0.15, 0.2) is 0 Å². The van der Waals surface area contributed by atoms with Crippen LogP contribution in [0.5, 0.6) is 5.75 Å². The van der Waals surface area contributed by atoms with Gasteiger partial charge in [-0.05, 0) is 37.3 Å². The van der Waals surface area contributed by atoms with Crippen molar-refractivity contribution in [3.8, 4) is 5.75 Å². The molecule has 0 spiro atoms. The fourth-order valence-corrected chi connectivity index (χ4v) is 2.63. The molecule has 0 aliphatic rings. The van der Waals surface area contributed by atoms with Gasteiger partial charge in [-0.15, -0.1) is 0 Å². The second-order valence-electron chi connectivity index (χ2n) is 5.55. The second kappa shape index (κ2) is 7.97. The van der Waals surface area contributed by atoms with Gasteiger partial charge in [0.05, 0.1) is 6.61 Å². The van der Waals surface area contributed by atoms with Crippen LogP contribution < -0.4 is 10.1 Å². The molecule has 6 heteroatoms. The second-order valence-corrected chi connectivity index (χ2v) is 8.09. The quantitative estimate of drug-likeness (QED) is 0.868. The topological polar surface area (TPSA) is 67.8 Å². The zero-order chi connectivity index (χ0) is 17.6. The summed E-state index contributed by atoms with van der Waals surface area (Å²) >= 11 is 0. The van der Waals surface area contributed by atoms with Crippen LogP contribution in [0.25, 0.3) is 0 Å². The monoisotopic (exact) mass is 346 g/mol. The van der Waals surface area contributed by atoms with E-state index < -0.39 is 15.6 Å². The molecule has 24 heavy (non-hydrogen) atoms. The number of anilines is 1. The first-order valence-electron chi connectivity index (χ1n) is 7.65. The molecule has 128 valence electrons. The standard InChI is InChI=1S/C18H22N2O3S/c1-4-23-17-8-6-5-7-15(17)13-19-16-11-9-14(10-12-16)18(21)20-24(2,3)22/h5-12,19H,4,13H2,1-3H3. The number of nitrogens with zero attached hydrogens (tertiary/aromatic N) is 1. The Morgan fingerprint density at radius 2 is 1.79 bits per heavy atom. The maximum absolute atomic E-state index is 11.9. The predicted octanol–water partition coefficient (Wildman–Crippen LogP) is 3.57. The summed E-state index contributed by atoms with van der Waals surface area (Å²) in [5, 5.41) is 3.30. The Kier molecular flexibility index (Phi) is 5.98. The van der Waals surface area contributed by atoms with Crippen LogP contribution in [0.2, 0.25) is 0 Å². The van der Waals surface area contributed by atoms with Crippen LogP contribution in [0.4, 0.5) is 5.69 Å². The lowest BCUT2D eigenvalue weighted by Gasteiger charge is -2.11. The number of benzene rings is 2. The van der Waals surface area contributed by atoms with Crippen molar-refractivity contribution in [2.75, 3.05) is 24.4 Å². The zero-order valence-electron chi connectivity index (χ0n) is 14.1. The smallest absolute Gasteiger partial charge is 0.285 e. The van der Waals surface area contributed by atoms with Gasteiger partial charge in [-0.2, -0.15) is 4.36 Å². The fourth-order valence-electron chi connectivity index (χ4n) is 2.13. The van der Waals surface area contributed by atoms with Crippen molar-refractivity contribution in [2.24, 2.45) is 4.36 Å². The Labute approximate surface area is 143 Å². The molecule has 0 bridgehead atoms. The first-order chi connectivity index (χ1) is 11.4. The lowest BCUT2D eigenvalue weighted by Crippen LogP contribution is -2.04. The Hall–Kier alpha value is -2.34. The highest BCUT2D eigenvalue weighted by molar-refractivity contribution is 7.92. The van der Waals surface area contributed by atoms with E-state index in [1.165, 1.54) is 12.5 Å². The summed E-state index contributed by atoms with van der Waals surface area (Å²) < 4.78 is 20.9. The van der Waals surface area contributed by atoms with E-state index in [0.717, 1.165) is 17.0 Å². The van der Waals surface area contributed by atoms with Gasteiger partial charge in [0.1, 0.15) is 5.75 Å². The molecule has 0 atom stereocenters. The molecule has 2 aromatic rings. The first-order valence-corrected chi connectivity index (χ1v) is 9.98. The van der Waals surface area contributed by atoms with Crippen molar-refractivity contribution in [1.29, 1.82) is 0 Å². The maximum Gasteiger partial charge on any atom is 0.285 e. The molecule has 0 radical (unpaired) electrons. The predicted molar refractivity (Wildman–Crippen MR) is 98.1 cm³/mol. The summed E-state index contributed by atoms with van der Waals surface area (Å²) in [6.45, 7) is 3.19. The largest absolute Gasteiger partial charge is 0.494 e. The van der Waals surface area contributed by atoms with Crippen LogP contribution in [0.1, 0.15) is 22.8 Å². The molecule has 2 aromatic carbocycles. The van der Waals surface area contributed by atoms with E-state index >= 15 is 0 Å². The summed E-state index contributed by atoms with van der Waals surface area (Å²) in [6.07, 6.45) is 2.88. The minimum atomic E-state index is -2.44. The van der Waals surface area contributed by atoms with Crippen LogP contribution in [0.15, 0.2) is 52.9 Å². The van der Waals surface area contributed by atoms with Gasteiger partial charge < -0.3 is 10.1 Å². The van der Waals surface area contributed by atoms with Gasteiger partial charge in [-0.25, -0.2) is 4.21 Å². The Bertz CT molecular complexity index is 814. The van der Waals surface area contributed by atoms with Crippen molar-refractivity contribution >= 4 is 21.3 Å². The average molecular weight is 346 g/mol. The van der Waals surface area contributed by atoms with Crippen LogP contribution in [-0.4, -0.2) is 29.2 Å². The van der Waals surface area contributed by atoms with Crippen LogP contribution in [0, 0.1) is 0 Å². The molecule has 0 aliphatic carbocycles. The number of rotatable bonds is 6. The number of hydrogen-bond donors (Lipinski definition) is 1. The third-order valence-corrected chi connectivity index (χ3v) is 3.80. The first kappa shape index (κ1) is 18.0. The van der Waals surface area contributed by atoms with E-state index in [-0.39, 0.29) is 0 Å². The third-order valence-electron chi connectivity index (χ3n) is 3.19. The number of nitrogens with one attached hydrogen (secondary N) is 1. The van der Waals surface area contributed by atoms with Gasteiger partial charge >= 0.3 is 0 Å². The van der Waals surface area contributed by atoms with E-state index in [1.807, 2.05) is 31.2 Å². The van der Waals surface area contributed by atoms with Crippen LogP contribution in [0.3, 0.4) is 0 Å². The van der Waals surface area contributed by atoms with Gasteiger partial charge in [0.25, 0.3) is 5.91 Å². The molecule has 0 saturated carbocycles. The maximum atomic E-state index is 11.9. The van der Waals surface area contributed by atoms with Gasteiger partial charge in [0.2, 0.25) is 0 Å². The van der Waals surface area contributed by atoms with Crippen molar-refractivity contribution in [1.82, 2.24) is 0 Å². The molecule has 0 aliphatic heterocycles. The van der Waals surface area contributed by atoms with Crippen molar-refractivity contribution in [3.05, 3.63) is 59.7 Å². The van der Waals surface area contributed by atoms with E-state index in [9.17, 15) is 9.00 Å². The van der Waals surface area contributed by atoms with E-state index in [4.69, 9.17) is 4.74 Å². The molecule has 5 nitrogen and oxygen atoms in total. The SMILES string of the molecule is CCOc1ccccc1CNc1ccc(C(=O)N=S(C)(C)=O)cc1. The van der Waals surface area contributed by atoms with Crippen LogP contribution >= 0.6 is 0 Å². The molecule has 1 N–H and O–H groups in total. The number of carbonyl (C=O) groups excluding carboxylic acids is 1. The molecule has 0 heterocycles. The van der Waals surface area contributed by atoms with Crippen molar-refractivity contribution in [2.45, 2.75) is 13.5 Å². The highest BCUT2D eigenvalue weighted by atomic mass is 32.2. The molecule has 0 aromatic heterocycles. The highest BCUT2D eigenvalue weighted by Crippen LogP contribution is 2.20. The normalized spacial score (nSPS) is 11.0. The summed E-state index contributed by atoms with van der Waals surface area (Å²) in [6, 6.07) is 14.8. The minimum Gasteiger partial charge on any atom is -0.494 e. The fraction of sp³-hybridized carbons (Fsp3) is 0.278. The molecule has 0 unspecified atom stereocenters. The molecule has 0 fully saturated rings. The molecule has 1 amide bonds. The lowest BCUT2D eigenvalue weighted by molar-refractivity contribution is 0.100. The van der Waals surface area contributed by atoms with E-state index in [2.05, 4.69) is 9.68 Å². The van der Waals surface area contributed by atoms with Crippen molar-refractivity contribution in [3.63, 3.8) is 0 Å². The average Bonchev–Trinajstić information content (AvgIpc) is 2.53. The Morgan fingerprint density at radius 3 is 2.42 bits per heavy atom. The van der Waals surface area contributed by atoms with Crippen molar-refractivity contribution < 1.29 is 13.7 Å². The van der Waals surface area contributed by atoms with Gasteiger partial charge in [0, 0.05) is 45.6 Å². The molecule has 0 saturated heterocycles. The summed E-state index contributed by atoms with van der Waals surface area (Å²) in [4.78, 5) is 11.9. The highest BCUT2D eigenvalue weighted by Gasteiger charge is 2.06. The number of hydrogen-bond acceptors (Lipinski definition) is 4. The number of para-hydroxylation sites is 1. The summed E-state index contributed by atoms with van der Waals surface area (Å²) in [5.41, 5.74) is 2.37. The summed E-state index contributed by atoms with van der Waals surface area (Å²) in [5.74, 6) is 0.400. The minimum absolute atomic E-state index is 0.423. The van der Waals surface area contributed by atoms with E-state index in [0.29, 0.717) is 18.7 Å². The Morgan fingerprint density at radius 1 is 1.12 bits per heavy atom. The Balaban J connectivity index is 2.05. The third kappa shape index (κ3) is 5.38. The molecular formula is C18H22N2O3S. The number of carbonyl (C=O) groups is 1. The molecular weight excluding hydrogens is 324 g/mol. The number of ether oxygens (including phenoxy) is 1. The lowest BCUT2D eigenvalue weighted by atomic mass is 10.1.